The Kier molecular flexibility index (Phi) is 7.97. The molecule has 4 aromatic rings. The zero-order chi connectivity index (χ0) is 34.1. The van der Waals surface area contributed by atoms with E-state index in [4.69, 9.17) is 0 Å². The van der Waals surface area contributed by atoms with Gasteiger partial charge in [0.1, 0.15) is 0 Å². The van der Waals surface area contributed by atoms with Gasteiger partial charge in [0, 0.05) is 30.4 Å². The summed E-state index contributed by atoms with van der Waals surface area (Å²) in [5, 5.41) is 0. The third kappa shape index (κ3) is 4.75. The molecule has 250 valence electrons. The molecule has 5 unspecified atom stereocenters. The number of nitrogens with zero attached hydrogens (tertiary/aromatic N) is 1. The van der Waals surface area contributed by atoms with E-state index in [-0.39, 0.29) is 11.0 Å². The van der Waals surface area contributed by atoms with Crippen molar-refractivity contribution >= 4 is 5.57 Å². The Bertz CT molecular complexity index is 2020. The van der Waals surface area contributed by atoms with Crippen molar-refractivity contribution in [2.24, 2.45) is 11.8 Å². The molecule has 1 aliphatic heterocycles. The third-order valence-corrected chi connectivity index (χ3v) is 13.9. The van der Waals surface area contributed by atoms with E-state index in [1.165, 1.54) is 86.2 Å². The lowest BCUT2D eigenvalue weighted by atomic mass is 9.57. The predicted octanol–water partition coefficient (Wildman–Crippen LogP) is 11.9. The average Bonchev–Trinajstić information content (AvgIpc) is 3.66. The second kappa shape index (κ2) is 12.1. The van der Waals surface area contributed by atoms with Crippen LogP contribution in [0.3, 0.4) is 0 Å². The maximum atomic E-state index is 4.65. The van der Waals surface area contributed by atoms with Crippen LogP contribution in [0.1, 0.15) is 119 Å². The maximum absolute atomic E-state index is 4.65. The van der Waals surface area contributed by atoms with E-state index < -0.39 is 0 Å². The first-order valence-corrected chi connectivity index (χ1v) is 19.2. The van der Waals surface area contributed by atoms with Crippen LogP contribution >= 0.6 is 0 Å². The van der Waals surface area contributed by atoms with Gasteiger partial charge in [0.05, 0.1) is 11.0 Å². The molecule has 8 rings (SSSR count). The molecule has 2 bridgehead atoms. The number of hydrogen-bond donors (Lipinski definition) is 0. The number of aromatic nitrogens is 1. The molecule has 1 nitrogen and oxygen atoms in total. The number of rotatable bonds is 8. The molecule has 5 atom stereocenters. The normalized spacial score (nSPS) is 26.1. The highest BCUT2D eigenvalue weighted by molar-refractivity contribution is 5.87. The minimum absolute atomic E-state index is 0.00220. The molecule has 0 fully saturated rings. The van der Waals surface area contributed by atoms with E-state index in [1.54, 1.807) is 5.56 Å². The molecular weight excluding hydrogens is 591 g/mol. The Morgan fingerprint density at radius 2 is 1.65 bits per heavy atom. The lowest BCUT2D eigenvalue weighted by molar-refractivity contribution is -0.770. The van der Waals surface area contributed by atoms with Gasteiger partial charge < -0.3 is 0 Å². The zero-order valence-corrected chi connectivity index (χ0v) is 30.7. The van der Waals surface area contributed by atoms with Gasteiger partial charge in [-0.15, -0.1) is 0 Å². The standard InChI is InChI=1S/C48H54N/c1-8-34-25-40-28-39-27-38(35-18-12-11-13-19-35)29-43-45(39)46(40)49(30-34)48(10-3,47(43,7)9-2)24-16-23-41-32(5)31(4)17-14-20-36-26-37-21-15-22-42(41)44(37)33(36)6/h11-15,17-22,25,27,29-32,41H,6,8-10,16,23-24,26,28H2,1-5,7H3/q+1. The van der Waals surface area contributed by atoms with E-state index in [0.717, 1.165) is 32.1 Å². The van der Waals surface area contributed by atoms with Gasteiger partial charge in [0.15, 0.2) is 11.7 Å². The zero-order valence-electron chi connectivity index (χ0n) is 30.7. The predicted molar refractivity (Wildman–Crippen MR) is 207 cm³/mol. The molecule has 0 spiro atoms. The Labute approximate surface area is 295 Å². The Hall–Kier alpha value is -3.97. The highest BCUT2D eigenvalue weighted by Gasteiger charge is 2.60. The molecule has 0 radical (unpaired) electrons. The smallest absolute Gasteiger partial charge is 0.192 e. The molecule has 3 aliphatic carbocycles. The maximum Gasteiger partial charge on any atom is 0.217 e. The summed E-state index contributed by atoms with van der Waals surface area (Å²) >= 11 is 0. The Morgan fingerprint density at radius 3 is 2.41 bits per heavy atom. The molecule has 1 heteroatoms. The molecule has 2 heterocycles. The fourth-order valence-corrected chi connectivity index (χ4v) is 10.7. The summed E-state index contributed by atoms with van der Waals surface area (Å²) in [5.41, 5.74) is 18.9. The monoisotopic (exact) mass is 644 g/mol. The van der Waals surface area contributed by atoms with Gasteiger partial charge in [-0.3, -0.25) is 0 Å². The first-order chi connectivity index (χ1) is 23.7. The van der Waals surface area contributed by atoms with Gasteiger partial charge in [0.2, 0.25) is 5.69 Å². The van der Waals surface area contributed by atoms with Crippen molar-refractivity contribution < 1.29 is 4.57 Å². The summed E-state index contributed by atoms with van der Waals surface area (Å²) in [7, 11) is 0. The summed E-state index contributed by atoms with van der Waals surface area (Å²) in [6, 6.07) is 25.8. The molecule has 4 aliphatic rings. The van der Waals surface area contributed by atoms with Crippen LogP contribution in [-0.2, 0) is 30.2 Å². The van der Waals surface area contributed by atoms with Gasteiger partial charge in [-0.25, -0.2) is 0 Å². The van der Waals surface area contributed by atoms with E-state index in [0.29, 0.717) is 17.8 Å². The molecular formula is C48H54N+. The molecule has 0 N–H and O–H groups in total. The highest BCUT2D eigenvalue weighted by atomic mass is 15.1. The molecule has 3 aromatic carbocycles. The van der Waals surface area contributed by atoms with Gasteiger partial charge in [-0.05, 0) is 125 Å². The number of allylic oxidation sites excluding steroid dienone is 5. The lowest BCUT2D eigenvalue weighted by Crippen LogP contribution is -2.69. The quantitative estimate of drug-likeness (QED) is 0.148. The minimum Gasteiger partial charge on any atom is -0.192 e. The Morgan fingerprint density at radius 1 is 0.837 bits per heavy atom. The topological polar surface area (TPSA) is 3.88 Å². The van der Waals surface area contributed by atoms with Gasteiger partial charge in [-0.2, -0.15) is 4.57 Å². The molecule has 1 aromatic heterocycles. The summed E-state index contributed by atoms with van der Waals surface area (Å²) in [5.74, 6) is 1.56. The van der Waals surface area contributed by atoms with E-state index in [1.807, 2.05) is 0 Å². The van der Waals surface area contributed by atoms with Gasteiger partial charge >= 0.3 is 0 Å². The van der Waals surface area contributed by atoms with Crippen molar-refractivity contribution in [3.05, 3.63) is 142 Å². The second-order valence-electron chi connectivity index (χ2n) is 15.9. The average molecular weight is 645 g/mol. The van der Waals surface area contributed by atoms with Crippen LogP contribution in [-0.4, -0.2) is 0 Å². The minimum atomic E-state index is -0.0101. The number of fused-ring (bicyclic) bond motifs is 1. The SMILES string of the molecule is C=C1C2=CC=CC(C)C(C)C(CCCC3(CC)[n+]4cc(CC)cc5c4-c4c(cc(-c6ccccc6)cc4C3(C)CC)C5)c3cccc(c31)C2. The van der Waals surface area contributed by atoms with E-state index in [9.17, 15) is 0 Å². The highest BCUT2D eigenvalue weighted by Crippen LogP contribution is 2.57. The molecule has 49 heavy (non-hydrogen) atoms. The van der Waals surface area contributed by atoms with Crippen molar-refractivity contribution in [1.82, 2.24) is 0 Å². The first kappa shape index (κ1) is 32.2. The summed E-state index contributed by atoms with van der Waals surface area (Å²) < 4.78 is 2.84. The van der Waals surface area contributed by atoms with Crippen molar-refractivity contribution in [3.8, 4) is 22.4 Å². The van der Waals surface area contributed by atoms with Crippen molar-refractivity contribution in [2.75, 3.05) is 0 Å². The van der Waals surface area contributed by atoms with Crippen LogP contribution in [0.2, 0.25) is 0 Å². The van der Waals surface area contributed by atoms with Crippen molar-refractivity contribution in [3.63, 3.8) is 0 Å². The fraction of sp³-hybridized carbons (Fsp3) is 0.396. The van der Waals surface area contributed by atoms with Crippen LogP contribution in [0, 0.1) is 11.8 Å². The van der Waals surface area contributed by atoms with E-state index >= 15 is 0 Å². The largest absolute Gasteiger partial charge is 0.217 e. The van der Waals surface area contributed by atoms with Crippen LogP contribution in [0.5, 0.6) is 0 Å². The first-order valence-electron chi connectivity index (χ1n) is 19.2. The second-order valence-corrected chi connectivity index (χ2v) is 15.9. The summed E-state index contributed by atoms with van der Waals surface area (Å²) in [4.78, 5) is 0. The number of aryl methyl sites for hydroxylation is 1. The molecule has 0 saturated heterocycles. The lowest BCUT2D eigenvalue weighted by Gasteiger charge is -2.48. The van der Waals surface area contributed by atoms with Gasteiger partial charge in [-0.1, -0.05) is 108 Å². The van der Waals surface area contributed by atoms with Crippen LogP contribution < -0.4 is 4.57 Å². The van der Waals surface area contributed by atoms with Crippen LogP contribution in [0.15, 0.2) is 103 Å². The van der Waals surface area contributed by atoms with Crippen LogP contribution in [0.25, 0.3) is 28.0 Å². The molecule has 0 saturated carbocycles. The van der Waals surface area contributed by atoms with Gasteiger partial charge in [0.25, 0.3) is 0 Å². The van der Waals surface area contributed by atoms with Crippen LogP contribution in [0.4, 0.5) is 0 Å². The van der Waals surface area contributed by atoms with Crippen molar-refractivity contribution in [1.29, 1.82) is 0 Å². The number of benzene rings is 3. The third-order valence-electron chi connectivity index (χ3n) is 13.9. The summed E-state index contributed by atoms with van der Waals surface area (Å²) in [6.45, 7) is 19.5. The molecule has 0 amide bonds. The number of hydrogen-bond acceptors (Lipinski definition) is 0. The summed E-state index contributed by atoms with van der Waals surface area (Å²) in [6.07, 6.45) is 18.6. The fourth-order valence-electron chi connectivity index (χ4n) is 10.7. The van der Waals surface area contributed by atoms with Crippen molar-refractivity contribution in [2.45, 2.75) is 110 Å². The number of pyridine rings is 1. The Balaban J connectivity index is 1.24. The van der Waals surface area contributed by atoms with E-state index in [2.05, 4.69) is 144 Å².